The number of furan rings is 1. The molecule has 0 aliphatic carbocycles. The number of piperidine rings is 1. The van der Waals surface area contributed by atoms with Crippen LogP contribution in [0.1, 0.15) is 41.1 Å². The molecule has 1 spiro atoms. The molecule has 33 heavy (non-hydrogen) atoms. The molecule has 2 aliphatic rings. The summed E-state index contributed by atoms with van der Waals surface area (Å²) in [5.41, 5.74) is 1.27. The van der Waals surface area contributed by atoms with Crippen molar-refractivity contribution in [2.45, 2.75) is 50.7 Å². The number of nitrogens with zero attached hydrogens (tertiary/aromatic N) is 2. The van der Waals surface area contributed by atoms with Crippen molar-refractivity contribution >= 4 is 11.9 Å². The van der Waals surface area contributed by atoms with Crippen molar-refractivity contribution < 1.29 is 41.8 Å². The van der Waals surface area contributed by atoms with Crippen molar-refractivity contribution in [3.05, 3.63) is 53.7 Å². The van der Waals surface area contributed by atoms with Crippen LogP contribution in [0.3, 0.4) is 0 Å². The number of carbonyl (C=O) groups excluding carboxylic acids is 1. The number of ether oxygens (including phenoxy) is 2. The molecular formula is C22H25F3N2O6. The standard InChI is InChI=1S/C20H24N2O4.C2HF3O2/c1-15-18(6-10-24-15)19(23)22-9-4-7-20(14-22)11-17(13-26-20)25-12-16-5-2-3-8-21-16;3-2(4,5)1(6)7/h2-3,5-6,8,10,17H,4,7,9,11-14H2,1H3;(H,6,7)/t17-,20+;/m1./s1. The molecule has 8 nitrogen and oxygen atoms in total. The molecule has 1 amide bonds. The summed E-state index contributed by atoms with van der Waals surface area (Å²) in [6.07, 6.45) is 1.01. The van der Waals surface area contributed by atoms with Gasteiger partial charge in [-0.15, -0.1) is 0 Å². The van der Waals surface area contributed by atoms with Gasteiger partial charge in [0.2, 0.25) is 0 Å². The highest BCUT2D eigenvalue weighted by atomic mass is 19.4. The molecule has 0 aromatic carbocycles. The normalized spacial score (nSPS) is 22.7. The van der Waals surface area contributed by atoms with Crippen molar-refractivity contribution in [1.82, 2.24) is 9.88 Å². The van der Waals surface area contributed by atoms with Crippen LogP contribution in [0.25, 0.3) is 0 Å². The van der Waals surface area contributed by atoms with E-state index in [1.165, 1.54) is 0 Å². The number of amides is 1. The van der Waals surface area contributed by atoms with E-state index in [1.54, 1.807) is 18.5 Å². The molecule has 4 heterocycles. The molecule has 0 saturated carbocycles. The zero-order valence-electron chi connectivity index (χ0n) is 18.0. The molecule has 2 saturated heterocycles. The highest BCUT2D eigenvalue weighted by Crippen LogP contribution is 2.36. The molecule has 180 valence electrons. The largest absolute Gasteiger partial charge is 0.490 e. The Kier molecular flexibility index (Phi) is 7.75. The van der Waals surface area contributed by atoms with Crippen molar-refractivity contribution in [2.24, 2.45) is 0 Å². The van der Waals surface area contributed by atoms with Crippen LogP contribution >= 0.6 is 0 Å². The first-order valence-corrected chi connectivity index (χ1v) is 10.4. The van der Waals surface area contributed by atoms with Crippen LogP contribution in [0.4, 0.5) is 13.2 Å². The third kappa shape index (κ3) is 6.55. The van der Waals surface area contributed by atoms with Gasteiger partial charge < -0.3 is 23.9 Å². The number of halogens is 3. The second-order valence-electron chi connectivity index (χ2n) is 7.98. The average Bonchev–Trinajstić information content (AvgIpc) is 3.38. The van der Waals surface area contributed by atoms with Gasteiger partial charge in [0.15, 0.2) is 0 Å². The number of aromatic nitrogens is 1. The van der Waals surface area contributed by atoms with E-state index in [-0.39, 0.29) is 17.6 Å². The average molecular weight is 470 g/mol. The third-order valence-corrected chi connectivity index (χ3v) is 5.53. The van der Waals surface area contributed by atoms with Crippen molar-refractivity contribution in [3.8, 4) is 0 Å². The van der Waals surface area contributed by atoms with Gasteiger partial charge in [0.1, 0.15) is 5.76 Å². The summed E-state index contributed by atoms with van der Waals surface area (Å²) in [6.45, 7) is 4.25. The smallest absolute Gasteiger partial charge is 0.475 e. The number of carboxylic acids is 1. The number of hydrogen-bond donors (Lipinski definition) is 1. The van der Waals surface area contributed by atoms with E-state index < -0.39 is 12.1 Å². The Hall–Kier alpha value is -2.92. The van der Waals surface area contributed by atoms with Crippen LogP contribution in [-0.4, -0.2) is 64.4 Å². The first-order valence-electron chi connectivity index (χ1n) is 10.4. The third-order valence-electron chi connectivity index (χ3n) is 5.53. The van der Waals surface area contributed by atoms with Gasteiger partial charge in [0.05, 0.1) is 49.0 Å². The molecule has 0 unspecified atom stereocenters. The highest BCUT2D eigenvalue weighted by molar-refractivity contribution is 5.95. The number of hydrogen-bond acceptors (Lipinski definition) is 6. The van der Waals surface area contributed by atoms with Crippen LogP contribution in [-0.2, 0) is 20.9 Å². The summed E-state index contributed by atoms with van der Waals surface area (Å²) in [7, 11) is 0. The Morgan fingerprint density at radius 2 is 2.09 bits per heavy atom. The fourth-order valence-electron chi connectivity index (χ4n) is 3.93. The SMILES string of the molecule is Cc1occc1C(=O)N1CCC[C@]2(C[C@@H](OCc3ccccn3)CO2)C1.O=C(O)C(F)(F)F. The highest BCUT2D eigenvalue weighted by Gasteiger charge is 2.45. The molecule has 11 heteroatoms. The number of aliphatic carboxylic acids is 1. The summed E-state index contributed by atoms with van der Waals surface area (Å²) in [5, 5.41) is 7.12. The van der Waals surface area contributed by atoms with Crippen LogP contribution < -0.4 is 0 Å². The van der Waals surface area contributed by atoms with Gasteiger partial charge in [-0.3, -0.25) is 9.78 Å². The lowest BCUT2D eigenvalue weighted by Gasteiger charge is -2.39. The van der Waals surface area contributed by atoms with Gasteiger partial charge in [-0.1, -0.05) is 6.07 Å². The summed E-state index contributed by atoms with van der Waals surface area (Å²) < 4.78 is 49.2. The minimum absolute atomic E-state index is 0.0248. The maximum absolute atomic E-state index is 12.8. The molecule has 2 atom stereocenters. The van der Waals surface area contributed by atoms with Gasteiger partial charge in [-0.25, -0.2) is 4.79 Å². The topological polar surface area (TPSA) is 102 Å². The molecule has 2 aromatic heterocycles. The fraction of sp³-hybridized carbons (Fsp3) is 0.500. The molecular weight excluding hydrogens is 445 g/mol. The minimum Gasteiger partial charge on any atom is -0.475 e. The lowest BCUT2D eigenvalue weighted by atomic mass is 9.89. The van der Waals surface area contributed by atoms with Gasteiger partial charge >= 0.3 is 12.1 Å². The second kappa shape index (κ2) is 10.3. The number of pyridine rings is 1. The van der Waals surface area contributed by atoms with Gasteiger partial charge in [0.25, 0.3) is 5.91 Å². The van der Waals surface area contributed by atoms with Crippen LogP contribution in [0, 0.1) is 6.92 Å². The molecule has 2 aliphatic heterocycles. The summed E-state index contributed by atoms with van der Waals surface area (Å²) in [6, 6.07) is 7.56. The van der Waals surface area contributed by atoms with E-state index in [0.717, 1.165) is 31.5 Å². The van der Waals surface area contributed by atoms with Crippen molar-refractivity contribution in [2.75, 3.05) is 19.7 Å². The molecule has 2 aromatic rings. The van der Waals surface area contributed by atoms with E-state index in [2.05, 4.69) is 4.98 Å². The molecule has 1 N–H and O–H groups in total. The van der Waals surface area contributed by atoms with E-state index >= 15 is 0 Å². The summed E-state index contributed by atoms with van der Waals surface area (Å²) in [5.74, 6) is -2.07. The van der Waals surface area contributed by atoms with E-state index in [1.807, 2.05) is 30.0 Å². The number of carboxylic acid groups (broad SMARTS) is 1. The van der Waals surface area contributed by atoms with Crippen LogP contribution in [0.5, 0.6) is 0 Å². The second-order valence-corrected chi connectivity index (χ2v) is 7.98. The first-order chi connectivity index (χ1) is 15.6. The first kappa shape index (κ1) is 24.7. The number of alkyl halides is 3. The summed E-state index contributed by atoms with van der Waals surface area (Å²) >= 11 is 0. The lowest BCUT2D eigenvalue weighted by molar-refractivity contribution is -0.192. The zero-order valence-corrected chi connectivity index (χ0v) is 18.0. The maximum Gasteiger partial charge on any atom is 0.490 e. The number of rotatable bonds is 4. The van der Waals surface area contributed by atoms with Crippen LogP contribution in [0.2, 0.25) is 0 Å². The number of aryl methyl sites for hydroxylation is 1. The Bertz CT molecular complexity index is 949. The predicted molar refractivity (Wildman–Crippen MR) is 108 cm³/mol. The lowest BCUT2D eigenvalue weighted by Crippen LogP contribution is -2.50. The van der Waals surface area contributed by atoms with Crippen molar-refractivity contribution in [3.63, 3.8) is 0 Å². The Morgan fingerprint density at radius 3 is 2.70 bits per heavy atom. The molecule has 0 radical (unpaired) electrons. The number of carbonyl (C=O) groups is 2. The number of likely N-dealkylation sites (tertiary alicyclic amines) is 1. The van der Waals surface area contributed by atoms with Gasteiger partial charge in [-0.2, -0.15) is 13.2 Å². The summed E-state index contributed by atoms with van der Waals surface area (Å²) in [4.78, 5) is 27.9. The van der Waals surface area contributed by atoms with E-state index in [0.29, 0.717) is 31.1 Å². The van der Waals surface area contributed by atoms with E-state index in [4.69, 9.17) is 23.8 Å². The Balaban J connectivity index is 0.000000383. The van der Waals surface area contributed by atoms with Gasteiger partial charge in [0, 0.05) is 19.2 Å². The minimum atomic E-state index is -5.08. The Morgan fingerprint density at radius 1 is 1.33 bits per heavy atom. The molecule has 0 bridgehead atoms. The Labute approximate surface area is 188 Å². The fourth-order valence-corrected chi connectivity index (χ4v) is 3.93. The van der Waals surface area contributed by atoms with Crippen LogP contribution in [0.15, 0.2) is 41.1 Å². The maximum atomic E-state index is 12.8. The quantitative estimate of drug-likeness (QED) is 0.729. The monoisotopic (exact) mass is 470 g/mol. The van der Waals surface area contributed by atoms with Gasteiger partial charge in [-0.05, 0) is 38.0 Å². The van der Waals surface area contributed by atoms with Crippen molar-refractivity contribution in [1.29, 1.82) is 0 Å². The molecule has 2 fully saturated rings. The van der Waals surface area contributed by atoms with E-state index in [9.17, 15) is 18.0 Å². The predicted octanol–water partition coefficient (Wildman–Crippen LogP) is 3.60. The molecule has 4 rings (SSSR count). The zero-order chi connectivity index (χ0) is 24.1.